The van der Waals surface area contributed by atoms with Gasteiger partial charge in [-0.2, -0.15) is 5.10 Å². The quantitative estimate of drug-likeness (QED) is 0.699. The third-order valence-electron chi connectivity index (χ3n) is 2.24. The smallest absolute Gasteiger partial charge is 0.221 e. The van der Waals surface area contributed by atoms with Crippen molar-refractivity contribution in [3.63, 3.8) is 0 Å². The lowest BCUT2D eigenvalue weighted by Crippen LogP contribution is -2.39. The summed E-state index contributed by atoms with van der Waals surface area (Å²) in [4.78, 5) is -0.0440. The summed E-state index contributed by atoms with van der Waals surface area (Å²) in [6.45, 7) is 1.62. The van der Waals surface area contributed by atoms with Gasteiger partial charge < -0.3 is 5.73 Å². The standard InChI is InChI=1S/C8H14N4O2S2/c1-6(8(9)15)16(13,14)11-5-7-3-4-10-12(7)2/h3-4,6,11H,5H2,1-2H3,(H2,9,15). The number of aryl methyl sites for hydroxylation is 1. The average Bonchev–Trinajstić information content (AvgIpc) is 2.60. The molecular formula is C8H14N4O2S2. The fraction of sp³-hybridized carbons (Fsp3) is 0.500. The van der Waals surface area contributed by atoms with Gasteiger partial charge in [-0.05, 0) is 13.0 Å². The summed E-state index contributed by atoms with van der Waals surface area (Å²) < 4.78 is 27.4. The highest BCUT2D eigenvalue weighted by Crippen LogP contribution is 2.02. The molecule has 90 valence electrons. The second-order valence-electron chi connectivity index (χ2n) is 3.36. The van der Waals surface area contributed by atoms with E-state index in [1.165, 1.54) is 6.92 Å². The molecule has 3 N–H and O–H groups in total. The number of hydrogen-bond donors (Lipinski definition) is 2. The van der Waals surface area contributed by atoms with Crippen LogP contribution in [0.3, 0.4) is 0 Å². The topological polar surface area (TPSA) is 90.0 Å². The second-order valence-corrected chi connectivity index (χ2v) is 5.91. The molecule has 0 radical (unpaired) electrons. The van der Waals surface area contributed by atoms with E-state index in [-0.39, 0.29) is 11.5 Å². The van der Waals surface area contributed by atoms with Gasteiger partial charge in [0, 0.05) is 13.2 Å². The van der Waals surface area contributed by atoms with Crippen molar-refractivity contribution in [2.45, 2.75) is 18.7 Å². The van der Waals surface area contributed by atoms with Crippen LogP contribution in [0.5, 0.6) is 0 Å². The molecule has 16 heavy (non-hydrogen) atoms. The Hall–Kier alpha value is -0.990. The minimum Gasteiger partial charge on any atom is -0.392 e. The molecule has 0 aliphatic rings. The van der Waals surface area contributed by atoms with Crippen LogP contribution in [0.2, 0.25) is 0 Å². The van der Waals surface area contributed by atoms with E-state index < -0.39 is 15.3 Å². The Morgan fingerprint density at radius 3 is 2.81 bits per heavy atom. The van der Waals surface area contributed by atoms with Crippen molar-refractivity contribution in [2.24, 2.45) is 12.8 Å². The van der Waals surface area contributed by atoms with Gasteiger partial charge in [-0.15, -0.1) is 0 Å². The third kappa shape index (κ3) is 3.00. The molecule has 6 nitrogen and oxygen atoms in total. The molecule has 0 saturated carbocycles. The zero-order chi connectivity index (χ0) is 12.3. The lowest BCUT2D eigenvalue weighted by molar-refractivity contribution is 0.574. The van der Waals surface area contributed by atoms with E-state index >= 15 is 0 Å². The van der Waals surface area contributed by atoms with Gasteiger partial charge in [0.25, 0.3) is 0 Å². The van der Waals surface area contributed by atoms with Gasteiger partial charge in [-0.3, -0.25) is 4.68 Å². The maximum atomic E-state index is 11.7. The van der Waals surface area contributed by atoms with E-state index in [2.05, 4.69) is 22.0 Å². The molecule has 1 rings (SSSR count). The van der Waals surface area contributed by atoms with Crippen molar-refractivity contribution in [3.05, 3.63) is 18.0 Å². The van der Waals surface area contributed by atoms with Crippen molar-refractivity contribution < 1.29 is 8.42 Å². The summed E-state index contributed by atoms with van der Waals surface area (Å²) in [6.07, 6.45) is 1.60. The number of nitrogens with two attached hydrogens (primary N) is 1. The highest BCUT2D eigenvalue weighted by molar-refractivity contribution is 7.93. The zero-order valence-electron chi connectivity index (χ0n) is 9.04. The number of hydrogen-bond acceptors (Lipinski definition) is 4. The average molecular weight is 262 g/mol. The third-order valence-corrected chi connectivity index (χ3v) is 4.48. The van der Waals surface area contributed by atoms with Crippen LogP contribution in [-0.2, 0) is 23.6 Å². The van der Waals surface area contributed by atoms with Gasteiger partial charge in [0.05, 0.1) is 17.2 Å². The lowest BCUT2D eigenvalue weighted by Gasteiger charge is -2.12. The minimum atomic E-state index is -3.51. The predicted octanol–water partition coefficient (Wildman–Crippen LogP) is -0.486. The summed E-state index contributed by atoms with van der Waals surface area (Å²) in [7, 11) is -1.77. The molecule has 0 fully saturated rings. The largest absolute Gasteiger partial charge is 0.392 e. The monoisotopic (exact) mass is 262 g/mol. The molecule has 0 bridgehead atoms. The van der Waals surface area contributed by atoms with Crippen LogP contribution in [0.15, 0.2) is 12.3 Å². The first kappa shape index (κ1) is 13.1. The molecule has 1 atom stereocenters. The molecule has 0 amide bonds. The molecule has 1 aromatic rings. The number of rotatable bonds is 5. The van der Waals surface area contributed by atoms with Crippen LogP contribution in [0.1, 0.15) is 12.6 Å². The molecule has 1 heterocycles. The fourth-order valence-corrected chi connectivity index (χ4v) is 2.31. The van der Waals surface area contributed by atoms with Crippen LogP contribution in [0.25, 0.3) is 0 Å². The maximum absolute atomic E-state index is 11.7. The van der Waals surface area contributed by atoms with Crippen molar-refractivity contribution in [1.29, 1.82) is 0 Å². The number of nitrogens with zero attached hydrogens (tertiary/aromatic N) is 2. The van der Waals surface area contributed by atoms with Gasteiger partial charge in [-0.1, -0.05) is 12.2 Å². The minimum absolute atomic E-state index is 0.0440. The molecule has 1 unspecified atom stereocenters. The van der Waals surface area contributed by atoms with Crippen molar-refractivity contribution in [2.75, 3.05) is 0 Å². The molecule has 0 aliphatic heterocycles. The number of thiocarbonyl (C=S) groups is 1. The number of aromatic nitrogens is 2. The molecule has 0 saturated heterocycles. The van der Waals surface area contributed by atoms with E-state index in [4.69, 9.17) is 5.73 Å². The van der Waals surface area contributed by atoms with Gasteiger partial charge in [-0.25, -0.2) is 13.1 Å². The number of sulfonamides is 1. The van der Waals surface area contributed by atoms with Crippen molar-refractivity contribution in [3.8, 4) is 0 Å². The van der Waals surface area contributed by atoms with E-state index in [1.54, 1.807) is 24.0 Å². The Morgan fingerprint density at radius 2 is 2.38 bits per heavy atom. The first-order chi connectivity index (χ1) is 7.34. The van der Waals surface area contributed by atoms with E-state index in [0.717, 1.165) is 5.69 Å². The Bertz CT molecular complexity index is 480. The summed E-state index contributed by atoms with van der Waals surface area (Å²) >= 11 is 4.65. The van der Waals surface area contributed by atoms with Gasteiger partial charge in [0.1, 0.15) is 5.25 Å². The lowest BCUT2D eigenvalue weighted by atomic mass is 10.4. The van der Waals surface area contributed by atoms with Crippen molar-refractivity contribution in [1.82, 2.24) is 14.5 Å². The highest BCUT2D eigenvalue weighted by Gasteiger charge is 2.22. The molecule has 1 aromatic heterocycles. The Balaban J connectivity index is 2.69. The SMILES string of the molecule is CC(C(N)=S)S(=O)(=O)NCc1ccnn1C. The normalized spacial score (nSPS) is 13.6. The van der Waals surface area contributed by atoms with Crippen LogP contribution >= 0.6 is 12.2 Å². The van der Waals surface area contributed by atoms with E-state index in [1.807, 2.05) is 0 Å². The van der Waals surface area contributed by atoms with Gasteiger partial charge >= 0.3 is 0 Å². The molecule has 0 spiro atoms. The van der Waals surface area contributed by atoms with Crippen LogP contribution < -0.4 is 10.5 Å². The Labute approximate surface area is 99.9 Å². The van der Waals surface area contributed by atoms with Crippen LogP contribution in [-0.4, -0.2) is 28.4 Å². The summed E-state index contributed by atoms with van der Waals surface area (Å²) in [6, 6.07) is 1.73. The molecule has 0 aliphatic carbocycles. The summed E-state index contributed by atoms with van der Waals surface area (Å²) in [5.41, 5.74) is 6.06. The Morgan fingerprint density at radius 1 is 1.75 bits per heavy atom. The molecule has 0 aromatic carbocycles. The van der Waals surface area contributed by atoms with Crippen LogP contribution in [0, 0.1) is 0 Å². The summed E-state index contributed by atoms with van der Waals surface area (Å²) in [5.74, 6) is 0. The molecular weight excluding hydrogens is 248 g/mol. The zero-order valence-corrected chi connectivity index (χ0v) is 10.7. The number of nitrogens with one attached hydrogen (secondary N) is 1. The highest BCUT2D eigenvalue weighted by atomic mass is 32.2. The first-order valence-electron chi connectivity index (χ1n) is 4.59. The van der Waals surface area contributed by atoms with Gasteiger partial charge in [0.2, 0.25) is 10.0 Å². The molecule has 8 heteroatoms. The van der Waals surface area contributed by atoms with Gasteiger partial charge in [0.15, 0.2) is 0 Å². The second kappa shape index (κ2) is 4.89. The van der Waals surface area contributed by atoms with Crippen LogP contribution in [0.4, 0.5) is 0 Å². The van der Waals surface area contributed by atoms with E-state index in [0.29, 0.717) is 0 Å². The summed E-state index contributed by atoms with van der Waals surface area (Å²) in [5, 5.41) is 3.05. The Kier molecular flexibility index (Phi) is 4.00. The van der Waals surface area contributed by atoms with E-state index in [9.17, 15) is 8.42 Å². The van der Waals surface area contributed by atoms with Crippen molar-refractivity contribution >= 4 is 27.2 Å². The fourth-order valence-electron chi connectivity index (χ4n) is 1.03. The predicted molar refractivity (Wildman–Crippen MR) is 65.2 cm³/mol. The first-order valence-corrected chi connectivity index (χ1v) is 6.54. The maximum Gasteiger partial charge on any atom is 0.221 e.